The summed E-state index contributed by atoms with van der Waals surface area (Å²) in [6, 6.07) is 7.68. The molecule has 1 aliphatic rings. The van der Waals surface area contributed by atoms with Gasteiger partial charge in [-0.2, -0.15) is 0 Å². The predicted octanol–water partition coefficient (Wildman–Crippen LogP) is 0.803. The highest BCUT2D eigenvalue weighted by Crippen LogP contribution is 2.30. The van der Waals surface area contributed by atoms with Crippen LogP contribution in [-0.4, -0.2) is 47.0 Å². The third-order valence-electron chi connectivity index (χ3n) is 3.74. The molecular formula is C16H22N6O2. The number of aliphatic imine (C=N–C) groups is 1. The molecular weight excluding hydrogens is 308 g/mol. The molecule has 0 spiro atoms. The standard InChI is InChI=1S/C16H22N6O2/c1-3-22-11-20-21-15(22)9-19-16(17-2)18-8-12-10-23-13-6-4-5-7-14(13)24-12/h4-7,11-12H,3,8-10H2,1-2H3,(H2,17,18,19). The maximum atomic E-state index is 5.92. The van der Waals surface area contributed by atoms with E-state index in [0.717, 1.165) is 23.9 Å². The SMILES string of the molecule is CCn1cnnc1CNC(=NC)NCC1COc2ccccc2O1. The molecule has 0 saturated heterocycles. The molecule has 0 fully saturated rings. The van der Waals surface area contributed by atoms with Crippen molar-refractivity contribution in [2.24, 2.45) is 4.99 Å². The summed E-state index contributed by atoms with van der Waals surface area (Å²) >= 11 is 0. The van der Waals surface area contributed by atoms with E-state index < -0.39 is 0 Å². The van der Waals surface area contributed by atoms with E-state index in [1.54, 1.807) is 13.4 Å². The lowest BCUT2D eigenvalue weighted by Crippen LogP contribution is -2.45. The minimum absolute atomic E-state index is 0.0715. The van der Waals surface area contributed by atoms with Gasteiger partial charge in [0.1, 0.15) is 19.0 Å². The van der Waals surface area contributed by atoms with Gasteiger partial charge in [0, 0.05) is 13.6 Å². The molecule has 24 heavy (non-hydrogen) atoms. The van der Waals surface area contributed by atoms with Crippen molar-refractivity contribution in [3.63, 3.8) is 0 Å². The minimum Gasteiger partial charge on any atom is -0.486 e. The topological polar surface area (TPSA) is 85.6 Å². The number of hydrogen-bond donors (Lipinski definition) is 2. The van der Waals surface area contributed by atoms with Gasteiger partial charge in [-0.3, -0.25) is 4.99 Å². The molecule has 0 bridgehead atoms. The van der Waals surface area contributed by atoms with Gasteiger partial charge >= 0.3 is 0 Å². The van der Waals surface area contributed by atoms with Gasteiger partial charge in [0.25, 0.3) is 0 Å². The molecule has 1 aromatic heterocycles. The number of guanidine groups is 1. The largest absolute Gasteiger partial charge is 0.486 e. The zero-order valence-corrected chi connectivity index (χ0v) is 13.9. The molecule has 2 N–H and O–H groups in total. The van der Waals surface area contributed by atoms with Crippen LogP contribution in [0.15, 0.2) is 35.6 Å². The lowest BCUT2D eigenvalue weighted by Gasteiger charge is -2.27. The van der Waals surface area contributed by atoms with Crippen LogP contribution in [0.1, 0.15) is 12.7 Å². The first-order chi connectivity index (χ1) is 11.8. The number of nitrogens with zero attached hydrogens (tertiary/aromatic N) is 4. The fraction of sp³-hybridized carbons (Fsp3) is 0.438. The van der Waals surface area contributed by atoms with Crippen molar-refractivity contribution < 1.29 is 9.47 Å². The summed E-state index contributed by atoms with van der Waals surface area (Å²) in [6.45, 7) is 4.54. The van der Waals surface area contributed by atoms with E-state index in [0.29, 0.717) is 25.7 Å². The molecule has 2 aromatic rings. The molecule has 1 aromatic carbocycles. The van der Waals surface area contributed by atoms with Crippen LogP contribution in [0.3, 0.4) is 0 Å². The smallest absolute Gasteiger partial charge is 0.191 e. The first-order valence-corrected chi connectivity index (χ1v) is 7.99. The van der Waals surface area contributed by atoms with Crippen molar-refractivity contribution in [2.45, 2.75) is 26.1 Å². The number of aromatic nitrogens is 3. The van der Waals surface area contributed by atoms with Gasteiger partial charge in [-0.1, -0.05) is 12.1 Å². The summed E-state index contributed by atoms with van der Waals surface area (Å²) in [5.74, 6) is 3.11. The number of ether oxygens (including phenoxy) is 2. The van der Waals surface area contributed by atoms with Crippen LogP contribution in [0.5, 0.6) is 11.5 Å². The van der Waals surface area contributed by atoms with Crippen molar-refractivity contribution in [3.05, 3.63) is 36.4 Å². The first kappa shape index (κ1) is 16.1. The number of para-hydroxylation sites is 2. The lowest BCUT2D eigenvalue weighted by atomic mass is 10.2. The Bertz CT molecular complexity index is 699. The summed E-state index contributed by atoms with van der Waals surface area (Å²) in [6.07, 6.45) is 1.65. The third kappa shape index (κ3) is 3.76. The van der Waals surface area contributed by atoms with Crippen molar-refractivity contribution in [2.75, 3.05) is 20.2 Å². The lowest BCUT2D eigenvalue weighted by molar-refractivity contribution is 0.0936. The number of aryl methyl sites for hydroxylation is 1. The zero-order valence-electron chi connectivity index (χ0n) is 13.9. The van der Waals surface area contributed by atoms with Crippen molar-refractivity contribution >= 4 is 5.96 Å². The van der Waals surface area contributed by atoms with Crippen LogP contribution in [0.25, 0.3) is 0 Å². The van der Waals surface area contributed by atoms with Gasteiger partial charge in [0.2, 0.25) is 0 Å². The summed E-state index contributed by atoms with van der Waals surface area (Å²) < 4.78 is 13.6. The molecule has 128 valence electrons. The maximum Gasteiger partial charge on any atom is 0.191 e. The first-order valence-electron chi connectivity index (χ1n) is 7.99. The van der Waals surface area contributed by atoms with Gasteiger partial charge in [-0.25, -0.2) is 0 Å². The van der Waals surface area contributed by atoms with Crippen molar-refractivity contribution in [1.29, 1.82) is 0 Å². The molecule has 1 aliphatic heterocycles. The molecule has 8 nitrogen and oxygen atoms in total. The summed E-state index contributed by atoms with van der Waals surface area (Å²) in [4.78, 5) is 4.21. The van der Waals surface area contributed by atoms with E-state index in [-0.39, 0.29) is 6.10 Å². The van der Waals surface area contributed by atoms with E-state index in [4.69, 9.17) is 9.47 Å². The Kier molecular flexibility index (Phi) is 5.15. The molecule has 0 aliphatic carbocycles. The van der Waals surface area contributed by atoms with Crippen LogP contribution in [0.4, 0.5) is 0 Å². The molecule has 0 amide bonds. The summed E-state index contributed by atoms with van der Waals surface area (Å²) in [7, 11) is 1.73. The van der Waals surface area contributed by atoms with Gasteiger partial charge in [-0.05, 0) is 19.1 Å². The van der Waals surface area contributed by atoms with Crippen molar-refractivity contribution in [1.82, 2.24) is 25.4 Å². The Balaban J connectivity index is 1.48. The van der Waals surface area contributed by atoms with Crippen molar-refractivity contribution in [3.8, 4) is 11.5 Å². The Labute approximate surface area is 140 Å². The maximum absolute atomic E-state index is 5.92. The van der Waals surface area contributed by atoms with E-state index in [1.807, 2.05) is 28.8 Å². The second kappa shape index (κ2) is 7.67. The molecule has 1 atom stereocenters. The van der Waals surface area contributed by atoms with Gasteiger partial charge in [0.15, 0.2) is 23.3 Å². The quantitative estimate of drug-likeness (QED) is 0.623. The highest BCUT2D eigenvalue weighted by atomic mass is 16.6. The number of rotatable bonds is 5. The number of hydrogen-bond acceptors (Lipinski definition) is 5. The fourth-order valence-corrected chi connectivity index (χ4v) is 2.44. The number of fused-ring (bicyclic) bond motifs is 1. The molecule has 3 rings (SSSR count). The highest BCUT2D eigenvalue weighted by molar-refractivity contribution is 5.79. The molecule has 8 heteroatoms. The third-order valence-corrected chi connectivity index (χ3v) is 3.74. The Morgan fingerprint density at radius 3 is 2.96 bits per heavy atom. The monoisotopic (exact) mass is 330 g/mol. The minimum atomic E-state index is -0.0715. The average molecular weight is 330 g/mol. The second-order valence-corrected chi connectivity index (χ2v) is 5.34. The van der Waals surface area contributed by atoms with Gasteiger partial charge in [0.05, 0.1) is 13.1 Å². The molecule has 1 unspecified atom stereocenters. The number of benzene rings is 1. The summed E-state index contributed by atoms with van der Waals surface area (Å²) in [5, 5.41) is 14.5. The van der Waals surface area contributed by atoms with E-state index in [9.17, 15) is 0 Å². The van der Waals surface area contributed by atoms with E-state index >= 15 is 0 Å². The molecule has 0 radical (unpaired) electrons. The fourth-order valence-electron chi connectivity index (χ4n) is 2.44. The second-order valence-electron chi connectivity index (χ2n) is 5.34. The van der Waals surface area contributed by atoms with Crippen LogP contribution < -0.4 is 20.1 Å². The Hall–Kier alpha value is -2.77. The van der Waals surface area contributed by atoms with Crippen LogP contribution >= 0.6 is 0 Å². The number of nitrogens with one attached hydrogen (secondary N) is 2. The molecule has 0 saturated carbocycles. The zero-order chi connectivity index (χ0) is 16.8. The Morgan fingerprint density at radius 1 is 1.33 bits per heavy atom. The van der Waals surface area contributed by atoms with Crippen LogP contribution in [0, 0.1) is 0 Å². The normalized spacial score (nSPS) is 16.8. The van der Waals surface area contributed by atoms with Crippen LogP contribution in [-0.2, 0) is 13.1 Å². The molecule has 2 heterocycles. The van der Waals surface area contributed by atoms with Crippen LogP contribution in [0.2, 0.25) is 0 Å². The van der Waals surface area contributed by atoms with E-state index in [2.05, 4.69) is 32.7 Å². The van der Waals surface area contributed by atoms with Gasteiger partial charge in [-0.15, -0.1) is 10.2 Å². The highest BCUT2D eigenvalue weighted by Gasteiger charge is 2.20. The predicted molar refractivity (Wildman–Crippen MR) is 90.3 cm³/mol. The summed E-state index contributed by atoms with van der Waals surface area (Å²) in [5.41, 5.74) is 0. The Morgan fingerprint density at radius 2 is 2.17 bits per heavy atom. The van der Waals surface area contributed by atoms with E-state index in [1.165, 1.54) is 0 Å². The van der Waals surface area contributed by atoms with Gasteiger partial charge < -0.3 is 24.7 Å². The average Bonchev–Trinajstić information content (AvgIpc) is 3.09.